The van der Waals surface area contributed by atoms with Gasteiger partial charge in [0, 0.05) is 0 Å². The van der Waals surface area contributed by atoms with Crippen LogP contribution in [0.15, 0.2) is 95.7 Å². The molecule has 1 aliphatic rings. The predicted molar refractivity (Wildman–Crippen MR) is 138 cm³/mol. The molecule has 0 nitrogen and oxygen atoms in total. The Labute approximate surface area is 189 Å². The predicted octanol–water partition coefficient (Wildman–Crippen LogP) is 5.92. The van der Waals surface area contributed by atoms with E-state index in [1.54, 1.807) is 10.8 Å². The van der Waals surface area contributed by atoms with Crippen molar-refractivity contribution in [2.24, 2.45) is 5.92 Å². The zero-order valence-electron chi connectivity index (χ0n) is 19.6. The van der Waals surface area contributed by atoms with Crippen LogP contribution >= 0.6 is 0 Å². The summed E-state index contributed by atoms with van der Waals surface area (Å²) in [6, 6.07) is 27.9. The summed E-state index contributed by atoms with van der Waals surface area (Å²) < 4.78 is 0. The maximum atomic E-state index is 2.54. The summed E-state index contributed by atoms with van der Waals surface area (Å²) in [4.78, 5) is 0. The molecule has 0 spiro atoms. The minimum absolute atomic E-state index is 0.569. The monoisotopic (exact) mass is 422 g/mol. The third kappa shape index (κ3) is 3.88. The van der Waals surface area contributed by atoms with Crippen molar-refractivity contribution in [3.05, 3.63) is 112 Å². The zero-order valence-corrected chi connectivity index (χ0v) is 20.6. The van der Waals surface area contributed by atoms with Gasteiger partial charge in [0.1, 0.15) is 0 Å². The van der Waals surface area contributed by atoms with E-state index in [1.807, 2.05) is 0 Å². The lowest BCUT2D eigenvalue weighted by atomic mass is 10.00. The van der Waals surface area contributed by atoms with Gasteiger partial charge in [0.05, 0.1) is 0 Å². The summed E-state index contributed by atoms with van der Waals surface area (Å²) in [6.45, 7) is 11.4. The van der Waals surface area contributed by atoms with E-state index in [2.05, 4.69) is 120 Å². The van der Waals surface area contributed by atoms with Gasteiger partial charge in [0.2, 0.25) is 0 Å². The molecule has 0 saturated heterocycles. The second-order valence-electron chi connectivity index (χ2n) is 9.18. The van der Waals surface area contributed by atoms with Gasteiger partial charge in [0.15, 0.2) is 8.07 Å². The molecule has 4 rings (SSSR count). The Morgan fingerprint density at radius 2 is 1.16 bits per heavy atom. The van der Waals surface area contributed by atoms with Crippen molar-refractivity contribution in [2.75, 3.05) is 0 Å². The number of aryl methyl sites for hydroxylation is 3. The third-order valence-corrected chi connectivity index (χ3v) is 11.7. The van der Waals surface area contributed by atoms with Crippen molar-refractivity contribution >= 4 is 23.6 Å². The molecule has 1 aliphatic carbocycles. The summed E-state index contributed by atoms with van der Waals surface area (Å²) in [5.41, 5.74) is 5.57. The Morgan fingerprint density at radius 3 is 1.55 bits per heavy atom. The van der Waals surface area contributed by atoms with E-state index < -0.39 is 8.07 Å². The molecule has 31 heavy (non-hydrogen) atoms. The largest absolute Gasteiger partial charge is 0.179 e. The van der Waals surface area contributed by atoms with Crippen LogP contribution in [0.2, 0.25) is 0 Å². The van der Waals surface area contributed by atoms with E-state index in [1.165, 1.54) is 38.7 Å². The van der Waals surface area contributed by atoms with Gasteiger partial charge in [-0.05, 0) is 65.9 Å². The van der Waals surface area contributed by atoms with Crippen LogP contribution in [0.5, 0.6) is 0 Å². The second kappa shape index (κ2) is 8.84. The first-order valence-electron chi connectivity index (χ1n) is 11.6. The average Bonchev–Trinajstić information content (AvgIpc) is 3.24. The van der Waals surface area contributed by atoms with Gasteiger partial charge < -0.3 is 0 Å². The molecule has 0 fully saturated rings. The number of allylic oxidation sites excluding steroid dienone is 4. The molecular weight excluding hydrogens is 388 g/mol. The van der Waals surface area contributed by atoms with Crippen LogP contribution in [0.25, 0.3) is 0 Å². The van der Waals surface area contributed by atoms with Gasteiger partial charge in [-0.25, -0.2) is 0 Å². The molecule has 0 aromatic heterocycles. The molecule has 158 valence electrons. The van der Waals surface area contributed by atoms with Crippen LogP contribution in [0.4, 0.5) is 0 Å². The summed E-state index contributed by atoms with van der Waals surface area (Å²) in [6.07, 6.45) is 7.25. The molecule has 0 bridgehead atoms. The highest BCUT2D eigenvalue weighted by Crippen LogP contribution is 2.35. The maximum Gasteiger partial charge on any atom is 0.179 e. The van der Waals surface area contributed by atoms with Gasteiger partial charge in [-0.1, -0.05) is 115 Å². The Hall–Kier alpha value is -2.64. The standard InChI is InChI=1S/C30H34Si/c1-6-25(5)29-17-10-18-30(29)31(26-14-7-11-22(2)19-26,27-15-8-12-23(3)20-27)28-16-9-13-24(4)21-28/h7-9,11-21,25H,6,10H2,1-5H3. The van der Waals surface area contributed by atoms with Crippen LogP contribution in [-0.4, -0.2) is 8.07 Å². The SMILES string of the molecule is CCC(C)C1=CCC=C1[Si](c1cccc(C)c1)(c1cccc(C)c1)c1cccc(C)c1. The van der Waals surface area contributed by atoms with E-state index in [9.17, 15) is 0 Å². The fourth-order valence-corrected chi connectivity index (χ4v) is 10.7. The highest BCUT2D eigenvalue weighted by atomic mass is 28.3. The first-order valence-corrected chi connectivity index (χ1v) is 13.6. The summed E-state index contributed by atoms with van der Waals surface area (Å²) in [5, 5.41) is 6.08. The molecule has 0 saturated carbocycles. The quantitative estimate of drug-likeness (QED) is 0.341. The minimum atomic E-state index is -2.43. The number of benzene rings is 3. The summed E-state index contributed by atoms with van der Waals surface area (Å²) >= 11 is 0. The van der Waals surface area contributed by atoms with Gasteiger partial charge in [-0.2, -0.15) is 0 Å². The Kier molecular flexibility index (Phi) is 6.16. The van der Waals surface area contributed by atoms with Crippen LogP contribution < -0.4 is 15.6 Å². The number of hydrogen-bond donors (Lipinski definition) is 0. The molecule has 0 aliphatic heterocycles. The smallest absolute Gasteiger partial charge is 0.0801 e. The van der Waals surface area contributed by atoms with Crippen molar-refractivity contribution in [1.82, 2.24) is 0 Å². The molecule has 3 aromatic rings. The molecule has 1 heteroatoms. The van der Waals surface area contributed by atoms with Crippen molar-refractivity contribution in [2.45, 2.75) is 47.5 Å². The van der Waals surface area contributed by atoms with Gasteiger partial charge in [-0.3, -0.25) is 0 Å². The highest BCUT2D eigenvalue weighted by Gasteiger charge is 2.45. The first-order chi connectivity index (χ1) is 15.0. The fourth-order valence-electron chi connectivity index (χ4n) is 5.19. The average molecular weight is 423 g/mol. The first kappa shape index (κ1) is 21.6. The molecule has 0 amide bonds. The van der Waals surface area contributed by atoms with E-state index in [0.717, 1.165) is 6.42 Å². The van der Waals surface area contributed by atoms with Crippen LogP contribution in [0, 0.1) is 26.7 Å². The van der Waals surface area contributed by atoms with Crippen LogP contribution in [0.1, 0.15) is 43.4 Å². The van der Waals surface area contributed by atoms with Crippen molar-refractivity contribution in [3.63, 3.8) is 0 Å². The van der Waals surface area contributed by atoms with E-state index in [-0.39, 0.29) is 0 Å². The second-order valence-corrected chi connectivity index (χ2v) is 13.0. The molecule has 0 N–H and O–H groups in total. The molecule has 3 aromatic carbocycles. The molecule has 1 atom stereocenters. The lowest BCUT2D eigenvalue weighted by molar-refractivity contribution is 0.668. The lowest BCUT2D eigenvalue weighted by Crippen LogP contribution is -2.69. The molecule has 0 heterocycles. The number of hydrogen-bond acceptors (Lipinski definition) is 0. The zero-order chi connectivity index (χ0) is 22.0. The van der Waals surface area contributed by atoms with Crippen molar-refractivity contribution < 1.29 is 0 Å². The van der Waals surface area contributed by atoms with Crippen molar-refractivity contribution in [1.29, 1.82) is 0 Å². The highest BCUT2D eigenvalue weighted by molar-refractivity contribution is 7.16. The van der Waals surface area contributed by atoms with Gasteiger partial charge in [0.25, 0.3) is 0 Å². The molecule has 1 unspecified atom stereocenters. The fraction of sp³-hybridized carbons (Fsp3) is 0.267. The van der Waals surface area contributed by atoms with Crippen LogP contribution in [0.3, 0.4) is 0 Å². The van der Waals surface area contributed by atoms with E-state index >= 15 is 0 Å². The molecule has 0 radical (unpaired) electrons. The van der Waals surface area contributed by atoms with E-state index in [0.29, 0.717) is 5.92 Å². The Balaban J connectivity index is 2.14. The van der Waals surface area contributed by atoms with Gasteiger partial charge >= 0.3 is 0 Å². The Morgan fingerprint density at radius 1 is 0.710 bits per heavy atom. The van der Waals surface area contributed by atoms with E-state index in [4.69, 9.17) is 0 Å². The van der Waals surface area contributed by atoms with Crippen molar-refractivity contribution in [3.8, 4) is 0 Å². The lowest BCUT2D eigenvalue weighted by Gasteiger charge is -2.38. The maximum absolute atomic E-state index is 2.54. The minimum Gasteiger partial charge on any atom is -0.0801 e. The normalized spacial score (nSPS) is 14.9. The topological polar surface area (TPSA) is 0 Å². The summed E-state index contributed by atoms with van der Waals surface area (Å²) in [7, 11) is -2.43. The Bertz CT molecular complexity index is 1040. The summed E-state index contributed by atoms with van der Waals surface area (Å²) in [5.74, 6) is 0.569. The third-order valence-electron chi connectivity index (χ3n) is 6.87. The van der Waals surface area contributed by atoms with Crippen LogP contribution in [-0.2, 0) is 0 Å². The van der Waals surface area contributed by atoms with Gasteiger partial charge in [-0.15, -0.1) is 0 Å². The number of rotatable bonds is 6. The molecular formula is C30H34Si.